The summed E-state index contributed by atoms with van der Waals surface area (Å²) in [6, 6.07) is 0. The van der Waals surface area contributed by atoms with Gasteiger partial charge in [-0.3, -0.25) is 0 Å². The van der Waals surface area contributed by atoms with Crippen LogP contribution in [0.4, 0.5) is 0 Å². The summed E-state index contributed by atoms with van der Waals surface area (Å²) in [5.41, 5.74) is -0.0926. The summed E-state index contributed by atoms with van der Waals surface area (Å²) in [5.74, 6) is 0.700. The second-order valence-electron chi connectivity index (χ2n) is 6.68. The molecule has 0 bridgehead atoms. The number of hydrogen-bond acceptors (Lipinski definition) is 4. The van der Waals surface area contributed by atoms with Gasteiger partial charge in [-0.15, -0.1) is 0 Å². The van der Waals surface area contributed by atoms with Crippen molar-refractivity contribution >= 4 is 0 Å². The molecule has 0 N–H and O–H groups in total. The maximum absolute atomic E-state index is 5.68. The molecule has 0 aliphatic carbocycles. The minimum absolute atomic E-state index is 0.0926. The molecule has 0 aliphatic heterocycles. The monoisotopic (exact) mass is 318 g/mol. The molecule has 0 heterocycles. The first-order valence-electron chi connectivity index (χ1n) is 8.86. The summed E-state index contributed by atoms with van der Waals surface area (Å²) in [6.45, 7) is 15.3. The summed E-state index contributed by atoms with van der Waals surface area (Å²) in [4.78, 5) is 0. The molecule has 4 nitrogen and oxygen atoms in total. The van der Waals surface area contributed by atoms with Gasteiger partial charge in [-0.2, -0.15) is 0 Å². The lowest BCUT2D eigenvalue weighted by molar-refractivity contribution is -0.0456. The topological polar surface area (TPSA) is 36.9 Å². The standard InChI is InChI=1S/C18H38O4/c1-6-8-9-17(7-2)16-21-13-12-19-10-11-20-14-15-22-18(3,4)5/h17H,6-16H2,1-5H3. The molecule has 0 aromatic carbocycles. The van der Waals surface area contributed by atoms with Gasteiger partial charge in [0.25, 0.3) is 0 Å². The fraction of sp³-hybridized carbons (Fsp3) is 1.00. The third-order valence-corrected chi connectivity index (χ3v) is 3.40. The Morgan fingerprint density at radius 2 is 1.32 bits per heavy atom. The molecule has 0 rings (SSSR count). The highest BCUT2D eigenvalue weighted by Gasteiger charge is 2.08. The summed E-state index contributed by atoms with van der Waals surface area (Å²) in [6.07, 6.45) is 5.04. The van der Waals surface area contributed by atoms with Gasteiger partial charge >= 0.3 is 0 Å². The summed E-state index contributed by atoms with van der Waals surface area (Å²) < 4.78 is 22.2. The Bertz CT molecular complexity index is 226. The van der Waals surface area contributed by atoms with Crippen molar-refractivity contribution in [2.24, 2.45) is 5.92 Å². The van der Waals surface area contributed by atoms with Gasteiger partial charge < -0.3 is 18.9 Å². The molecule has 0 aromatic rings. The van der Waals surface area contributed by atoms with Crippen LogP contribution in [0, 0.1) is 5.92 Å². The summed E-state index contributed by atoms with van der Waals surface area (Å²) >= 11 is 0. The van der Waals surface area contributed by atoms with Crippen molar-refractivity contribution in [3.8, 4) is 0 Å². The normalized spacial score (nSPS) is 13.5. The lowest BCUT2D eigenvalue weighted by Crippen LogP contribution is -2.22. The predicted octanol–water partition coefficient (Wildman–Crippen LogP) is 4.07. The molecule has 0 amide bonds. The van der Waals surface area contributed by atoms with Crippen LogP contribution in [0.25, 0.3) is 0 Å². The largest absolute Gasteiger partial charge is 0.379 e. The van der Waals surface area contributed by atoms with Gasteiger partial charge in [0.2, 0.25) is 0 Å². The Morgan fingerprint density at radius 3 is 1.82 bits per heavy atom. The van der Waals surface area contributed by atoms with E-state index in [1.807, 2.05) is 20.8 Å². The first kappa shape index (κ1) is 21.8. The summed E-state index contributed by atoms with van der Waals surface area (Å²) in [7, 11) is 0. The molecule has 22 heavy (non-hydrogen) atoms. The van der Waals surface area contributed by atoms with Crippen molar-refractivity contribution in [1.29, 1.82) is 0 Å². The van der Waals surface area contributed by atoms with Gasteiger partial charge in [0.1, 0.15) is 0 Å². The highest BCUT2D eigenvalue weighted by atomic mass is 16.6. The van der Waals surface area contributed by atoms with Crippen molar-refractivity contribution in [3.63, 3.8) is 0 Å². The van der Waals surface area contributed by atoms with Crippen LogP contribution in [0.3, 0.4) is 0 Å². The Labute approximate surface area is 137 Å². The molecule has 0 aromatic heterocycles. The first-order chi connectivity index (χ1) is 10.5. The predicted molar refractivity (Wildman–Crippen MR) is 91.5 cm³/mol. The Hall–Kier alpha value is -0.160. The zero-order valence-corrected chi connectivity index (χ0v) is 15.5. The average molecular weight is 318 g/mol. The van der Waals surface area contributed by atoms with Crippen LogP contribution in [0.15, 0.2) is 0 Å². The zero-order valence-electron chi connectivity index (χ0n) is 15.5. The molecule has 4 heteroatoms. The number of unbranched alkanes of at least 4 members (excludes halogenated alkanes) is 1. The Balaban J connectivity index is 3.23. The quantitative estimate of drug-likeness (QED) is 0.427. The van der Waals surface area contributed by atoms with E-state index < -0.39 is 0 Å². The van der Waals surface area contributed by atoms with Crippen molar-refractivity contribution in [3.05, 3.63) is 0 Å². The SMILES string of the molecule is CCCCC(CC)COCCOCCOCCOC(C)(C)C. The van der Waals surface area contributed by atoms with Crippen molar-refractivity contribution in [2.75, 3.05) is 46.2 Å². The molecular weight excluding hydrogens is 280 g/mol. The van der Waals surface area contributed by atoms with Crippen LogP contribution in [0.5, 0.6) is 0 Å². The molecular formula is C18H38O4. The molecule has 0 saturated carbocycles. The molecule has 1 unspecified atom stereocenters. The molecule has 0 radical (unpaired) electrons. The van der Waals surface area contributed by atoms with Crippen molar-refractivity contribution < 1.29 is 18.9 Å². The smallest absolute Gasteiger partial charge is 0.0707 e. The van der Waals surface area contributed by atoms with Crippen molar-refractivity contribution in [1.82, 2.24) is 0 Å². The number of rotatable bonds is 15. The van der Waals surface area contributed by atoms with E-state index in [1.165, 1.54) is 25.7 Å². The average Bonchev–Trinajstić information content (AvgIpc) is 2.46. The first-order valence-corrected chi connectivity index (χ1v) is 8.86. The fourth-order valence-electron chi connectivity index (χ4n) is 1.99. The fourth-order valence-corrected chi connectivity index (χ4v) is 1.99. The highest BCUT2D eigenvalue weighted by molar-refractivity contribution is 4.58. The molecule has 1 atom stereocenters. The van der Waals surface area contributed by atoms with E-state index in [1.54, 1.807) is 0 Å². The Kier molecular flexibility index (Phi) is 14.3. The van der Waals surface area contributed by atoms with Gasteiger partial charge in [-0.25, -0.2) is 0 Å². The maximum atomic E-state index is 5.68. The minimum Gasteiger partial charge on any atom is -0.379 e. The van der Waals surface area contributed by atoms with Crippen LogP contribution in [-0.2, 0) is 18.9 Å². The number of ether oxygens (including phenoxy) is 4. The minimum atomic E-state index is -0.0926. The summed E-state index contributed by atoms with van der Waals surface area (Å²) in [5, 5.41) is 0. The van der Waals surface area contributed by atoms with Crippen LogP contribution in [-0.4, -0.2) is 51.8 Å². The van der Waals surface area contributed by atoms with E-state index in [0.717, 1.165) is 6.61 Å². The van der Waals surface area contributed by atoms with Crippen LogP contribution in [0.1, 0.15) is 60.3 Å². The zero-order chi connectivity index (χ0) is 16.7. The van der Waals surface area contributed by atoms with E-state index in [0.29, 0.717) is 45.6 Å². The van der Waals surface area contributed by atoms with E-state index in [9.17, 15) is 0 Å². The van der Waals surface area contributed by atoms with Crippen LogP contribution in [0.2, 0.25) is 0 Å². The van der Waals surface area contributed by atoms with Gasteiger partial charge in [0.15, 0.2) is 0 Å². The number of hydrogen-bond donors (Lipinski definition) is 0. The van der Waals surface area contributed by atoms with Gasteiger partial charge in [0.05, 0.1) is 45.2 Å². The third kappa shape index (κ3) is 16.2. The second kappa shape index (κ2) is 14.4. The Morgan fingerprint density at radius 1 is 0.773 bits per heavy atom. The maximum Gasteiger partial charge on any atom is 0.0707 e. The van der Waals surface area contributed by atoms with E-state index in [4.69, 9.17) is 18.9 Å². The second-order valence-corrected chi connectivity index (χ2v) is 6.68. The van der Waals surface area contributed by atoms with Gasteiger partial charge in [0, 0.05) is 6.61 Å². The molecule has 0 fully saturated rings. The molecule has 0 spiro atoms. The van der Waals surface area contributed by atoms with E-state index in [2.05, 4.69) is 13.8 Å². The lowest BCUT2D eigenvalue weighted by atomic mass is 10.0. The molecule has 0 aliphatic rings. The molecule has 134 valence electrons. The van der Waals surface area contributed by atoms with Crippen molar-refractivity contribution in [2.45, 2.75) is 65.9 Å². The molecule has 0 saturated heterocycles. The van der Waals surface area contributed by atoms with Crippen LogP contribution >= 0.6 is 0 Å². The van der Waals surface area contributed by atoms with E-state index in [-0.39, 0.29) is 5.60 Å². The van der Waals surface area contributed by atoms with Gasteiger partial charge in [-0.05, 0) is 33.1 Å². The lowest BCUT2D eigenvalue weighted by Gasteiger charge is -2.19. The van der Waals surface area contributed by atoms with E-state index >= 15 is 0 Å². The highest BCUT2D eigenvalue weighted by Crippen LogP contribution is 2.12. The van der Waals surface area contributed by atoms with Crippen LogP contribution < -0.4 is 0 Å². The van der Waals surface area contributed by atoms with Gasteiger partial charge in [-0.1, -0.05) is 33.1 Å². The third-order valence-electron chi connectivity index (χ3n) is 3.40.